The molecule has 1 amide bonds. The van der Waals surface area contributed by atoms with Crippen molar-refractivity contribution in [1.29, 1.82) is 0 Å². The van der Waals surface area contributed by atoms with Crippen molar-refractivity contribution in [1.82, 2.24) is 19.6 Å². The Morgan fingerprint density at radius 1 is 1.26 bits per heavy atom. The highest BCUT2D eigenvalue weighted by Gasteiger charge is 2.14. The number of carbonyl (C=O) groups is 1. The normalized spacial score (nSPS) is 11.0. The molecular formula is C19H17N5OS2. The van der Waals surface area contributed by atoms with Crippen molar-refractivity contribution in [2.45, 2.75) is 30.2 Å². The zero-order valence-corrected chi connectivity index (χ0v) is 16.5. The van der Waals surface area contributed by atoms with E-state index in [1.807, 2.05) is 48.7 Å². The second kappa shape index (κ2) is 7.50. The van der Waals surface area contributed by atoms with Crippen molar-refractivity contribution in [3.05, 3.63) is 64.2 Å². The van der Waals surface area contributed by atoms with Gasteiger partial charge in [-0.2, -0.15) is 14.6 Å². The van der Waals surface area contributed by atoms with Crippen molar-refractivity contribution >= 4 is 40.5 Å². The molecule has 6 nitrogen and oxygen atoms in total. The Kier molecular flexibility index (Phi) is 4.91. The largest absolute Gasteiger partial charge is 0.321 e. The minimum atomic E-state index is -0.0900. The van der Waals surface area contributed by atoms with Crippen LogP contribution in [0, 0.1) is 6.92 Å². The second-order valence-corrected chi connectivity index (χ2v) is 7.87. The van der Waals surface area contributed by atoms with Gasteiger partial charge in [0.25, 0.3) is 11.7 Å². The summed E-state index contributed by atoms with van der Waals surface area (Å²) >= 11 is 3.05. The van der Waals surface area contributed by atoms with Gasteiger partial charge in [-0.3, -0.25) is 4.79 Å². The number of rotatable bonds is 5. The Bertz CT molecular complexity index is 1090. The standard InChI is InChI=1S/C19H17N5OS2/c1-3-15-12(2)22-19-20-11-21-24(19)18(15)27-14-8-6-13(7-9-14)23-17(25)16-5-4-10-26-16/h4-11H,3H2,1-2H3,(H,23,25). The lowest BCUT2D eigenvalue weighted by Crippen LogP contribution is -2.09. The van der Waals surface area contributed by atoms with Crippen LogP contribution in [0.25, 0.3) is 5.78 Å². The average molecular weight is 396 g/mol. The van der Waals surface area contributed by atoms with Gasteiger partial charge < -0.3 is 5.32 Å². The molecule has 0 aliphatic carbocycles. The van der Waals surface area contributed by atoms with Crippen LogP contribution in [0.1, 0.15) is 27.9 Å². The maximum absolute atomic E-state index is 12.2. The number of nitrogens with one attached hydrogen (secondary N) is 1. The van der Waals surface area contributed by atoms with E-state index in [0.29, 0.717) is 10.7 Å². The van der Waals surface area contributed by atoms with E-state index >= 15 is 0 Å². The van der Waals surface area contributed by atoms with Gasteiger partial charge in [0.2, 0.25) is 0 Å². The molecule has 0 saturated heterocycles. The summed E-state index contributed by atoms with van der Waals surface area (Å²) in [6, 6.07) is 11.5. The van der Waals surface area contributed by atoms with E-state index in [2.05, 4.69) is 27.3 Å². The number of aromatic nitrogens is 4. The zero-order valence-electron chi connectivity index (χ0n) is 14.8. The quantitative estimate of drug-likeness (QED) is 0.505. The van der Waals surface area contributed by atoms with Gasteiger partial charge in [0.05, 0.1) is 4.88 Å². The third-order valence-electron chi connectivity index (χ3n) is 4.11. The summed E-state index contributed by atoms with van der Waals surface area (Å²) in [7, 11) is 0. The zero-order chi connectivity index (χ0) is 18.8. The fourth-order valence-electron chi connectivity index (χ4n) is 2.79. The maximum Gasteiger partial charge on any atom is 0.265 e. The van der Waals surface area contributed by atoms with Crippen molar-refractivity contribution in [2.75, 3.05) is 5.32 Å². The SMILES string of the molecule is CCc1c(C)nc2ncnn2c1Sc1ccc(NC(=O)c2cccs2)cc1. The van der Waals surface area contributed by atoms with Crippen LogP contribution in [0.2, 0.25) is 0 Å². The third kappa shape index (κ3) is 3.58. The predicted molar refractivity (Wildman–Crippen MR) is 108 cm³/mol. The molecule has 136 valence electrons. The summed E-state index contributed by atoms with van der Waals surface area (Å²) in [6.45, 7) is 4.11. The minimum absolute atomic E-state index is 0.0900. The fraction of sp³-hybridized carbons (Fsp3) is 0.158. The highest BCUT2D eigenvalue weighted by Crippen LogP contribution is 2.32. The first-order valence-corrected chi connectivity index (χ1v) is 10.2. The molecule has 3 aromatic heterocycles. The Balaban J connectivity index is 1.58. The molecule has 3 heterocycles. The molecule has 4 rings (SSSR count). The van der Waals surface area contributed by atoms with E-state index in [1.165, 1.54) is 17.7 Å². The van der Waals surface area contributed by atoms with Gasteiger partial charge in [0.15, 0.2) is 0 Å². The lowest BCUT2D eigenvalue weighted by Gasteiger charge is -2.12. The van der Waals surface area contributed by atoms with E-state index in [0.717, 1.165) is 33.3 Å². The first-order chi connectivity index (χ1) is 13.2. The van der Waals surface area contributed by atoms with Crippen LogP contribution in [0.3, 0.4) is 0 Å². The van der Waals surface area contributed by atoms with Crippen LogP contribution in [-0.2, 0) is 6.42 Å². The van der Waals surface area contributed by atoms with Crippen LogP contribution in [0.4, 0.5) is 5.69 Å². The van der Waals surface area contributed by atoms with Crippen LogP contribution in [0.15, 0.2) is 58.0 Å². The van der Waals surface area contributed by atoms with Gasteiger partial charge >= 0.3 is 0 Å². The Morgan fingerprint density at radius 2 is 2.07 bits per heavy atom. The first-order valence-electron chi connectivity index (χ1n) is 8.47. The van der Waals surface area contributed by atoms with E-state index in [-0.39, 0.29) is 5.91 Å². The summed E-state index contributed by atoms with van der Waals surface area (Å²) in [5, 5.41) is 10.1. The molecule has 0 saturated carbocycles. The summed E-state index contributed by atoms with van der Waals surface area (Å²) in [5.41, 5.74) is 2.90. The van der Waals surface area contributed by atoms with E-state index in [9.17, 15) is 4.79 Å². The lowest BCUT2D eigenvalue weighted by molar-refractivity contribution is 0.103. The molecule has 8 heteroatoms. The Morgan fingerprint density at radius 3 is 2.78 bits per heavy atom. The maximum atomic E-state index is 12.2. The van der Waals surface area contributed by atoms with E-state index < -0.39 is 0 Å². The van der Waals surface area contributed by atoms with Crippen LogP contribution >= 0.6 is 23.1 Å². The van der Waals surface area contributed by atoms with Gasteiger partial charge in [-0.25, -0.2) is 4.98 Å². The molecule has 27 heavy (non-hydrogen) atoms. The highest BCUT2D eigenvalue weighted by atomic mass is 32.2. The number of anilines is 1. The minimum Gasteiger partial charge on any atom is -0.321 e. The Labute approximate surface area is 164 Å². The van der Waals surface area contributed by atoms with Crippen molar-refractivity contribution < 1.29 is 4.79 Å². The van der Waals surface area contributed by atoms with Crippen molar-refractivity contribution in [3.63, 3.8) is 0 Å². The number of fused-ring (bicyclic) bond motifs is 1. The van der Waals surface area contributed by atoms with Crippen LogP contribution in [0.5, 0.6) is 0 Å². The fourth-order valence-corrected chi connectivity index (χ4v) is 4.53. The monoisotopic (exact) mass is 395 g/mol. The first kappa shape index (κ1) is 17.7. The molecule has 0 radical (unpaired) electrons. The van der Waals surface area contributed by atoms with Crippen LogP contribution < -0.4 is 5.32 Å². The molecule has 0 bridgehead atoms. The van der Waals surface area contributed by atoms with Gasteiger partial charge in [0, 0.05) is 21.8 Å². The van der Waals surface area contributed by atoms with Crippen molar-refractivity contribution in [3.8, 4) is 0 Å². The second-order valence-electron chi connectivity index (χ2n) is 5.86. The number of thiophene rings is 1. The number of nitrogens with zero attached hydrogens (tertiary/aromatic N) is 4. The van der Waals surface area contributed by atoms with Crippen molar-refractivity contribution in [2.24, 2.45) is 0 Å². The summed E-state index contributed by atoms with van der Waals surface area (Å²) < 4.78 is 1.78. The topological polar surface area (TPSA) is 72.2 Å². The number of amides is 1. The number of carbonyl (C=O) groups excluding carboxylic acids is 1. The molecule has 0 unspecified atom stereocenters. The molecule has 4 aromatic rings. The molecule has 1 N–H and O–H groups in total. The van der Waals surface area contributed by atoms with Gasteiger partial charge in [-0.15, -0.1) is 11.3 Å². The number of aryl methyl sites for hydroxylation is 1. The van der Waals surface area contributed by atoms with Crippen LogP contribution in [-0.4, -0.2) is 25.5 Å². The summed E-state index contributed by atoms with van der Waals surface area (Å²) in [6.07, 6.45) is 2.39. The molecule has 1 aromatic carbocycles. The molecular weight excluding hydrogens is 378 g/mol. The number of hydrogen-bond donors (Lipinski definition) is 1. The summed E-state index contributed by atoms with van der Waals surface area (Å²) in [5.74, 6) is 0.514. The third-order valence-corrected chi connectivity index (χ3v) is 6.10. The van der Waals surface area contributed by atoms with E-state index in [4.69, 9.17) is 0 Å². The molecule has 0 spiro atoms. The average Bonchev–Trinajstić information content (AvgIpc) is 3.35. The molecule has 0 atom stereocenters. The number of benzene rings is 1. The molecule has 0 fully saturated rings. The highest BCUT2D eigenvalue weighted by molar-refractivity contribution is 7.99. The lowest BCUT2D eigenvalue weighted by atomic mass is 10.2. The van der Waals surface area contributed by atoms with Gasteiger partial charge in [-0.05, 0) is 49.1 Å². The van der Waals surface area contributed by atoms with Gasteiger partial charge in [0.1, 0.15) is 11.4 Å². The predicted octanol–water partition coefficient (Wildman–Crippen LogP) is 4.46. The smallest absolute Gasteiger partial charge is 0.265 e. The number of hydrogen-bond acceptors (Lipinski definition) is 6. The van der Waals surface area contributed by atoms with E-state index in [1.54, 1.807) is 16.3 Å². The van der Waals surface area contributed by atoms with Gasteiger partial charge in [-0.1, -0.05) is 24.8 Å². The molecule has 0 aliphatic rings. The summed E-state index contributed by atoms with van der Waals surface area (Å²) in [4.78, 5) is 22.6. The Hall–Kier alpha value is -2.71. The molecule has 0 aliphatic heterocycles.